The summed E-state index contributed by atoms with van der Waals surface area (Å²) >= 11 is 0. The number of nitrogens with two attached hydrogens (primary N) is 1. The van der Waals surface area contributed by atoms with Crippen molar-refractivity contribution in [3.63, 3.8) is 0 Å². The van der Waals surface area contributed by atoms with E-state index in [9.17, 15) is 9.59 Å². The normalized spacial score (nSPS) is 12.1. The molecule has 1 rings (SSSR count). The molecule has 88 valence electrons. The molecule has 16 heavy (non-hydrogen) atoms. The smallest absolute Gasteiger partial charge is 0.315 e. The first kappa shape index (κ1) is 12.1. The number of primary amides is 1. The third-order valence-corrected chi connectivity index (χ3v) is 2.19. The van der Waals surface area contributed by atoms with Gasteiger partial charge in [0.15, 0.2) is 0 Å². The van der Waals surface area contributed by atoms with Crippen LogP contribution in [0.15, 0.2) is 22.8 Å². The van der Waals surface area contributed by atoms with Gasteiger partial charge in [0.1, 0.15) is 5.76 Å². The molecule has 1 heterocycles. The van der Waals surface area contributed by atoms with Gasteiger partial charge in [-0.25, -0.2) is 4.79 Å². The van der Waals surface area contributed by atoms with E-state index >= 15 is 0 Å². The number of furan rings is 1. The Morgan fingerprint density at radius 3 is 2.75 bits per heavy atom. The van der Waals surface area contributed by atoms with Crippen molar-refractivity contribution in [2.75, 3.05) is 0 Å². The predicted octanol–water partition coefficient (Wildman–Crippen LogP) is 1.02. The highest BCUT2D eigenvalue weighted by atomic mass is 16.4. The second-order valence-electron chi connectivity index (χ2n) is 3.49. The number of carboxylic acids is 1. The molecule has 6 heteroatoms. The summed E-state index contributed by atoms with van der Waals surface area (Å²) in [6.45, 7) is 1.80. The van der Waals surface area contributed by atoms with E-state index in [0.29, 0.717) is 5.76 Å². The Bertz CT molecular complexity index is 361. The van der Waals surface area contributed by atoms with E-state index in [4.69, 9.17) is 15.3 Å². The summed E-state index contributed by atoms with van der Waals surface area (Å²) in [4.78, 5) is 23.0. The van der Waals surface area contributed by atoms with Crippen LogP contribution in [0.3, 0.4) is 0 Å². The number of hydrogen-bond donors (Lipinski definition) is 2. The molecular weight excluding hydrogens is 212 g/mol. The van der Waals surface area contributed by atoms with Crippen molar-refractivity contribution in [1.82, 2.24) is 4.90 Å². The lowest BCUT2D eigenvalue weighted by atomic mass is 10.2. The fourth-order valence-corrected chi connectivity index (χ4v) is 1.38. The molecule has 0 bridgehead atoms. The number of rotatable bonds is 5. The fraction of sp³-hybridized carbons (Fsp3) is 0.400. The van der Waals surface area contributed by atoms with Crippen molar-refractivity contribution in [3.8, 4) is 0 Å². The van der Waals surface area contributed by atoms with Crippen LogP contribution in [0.2, 0.25) is 0 Å². The van der Waals surface area contributed by atoms with Gasteiger partial charge in [-0.3, -0.25) is 4.79 Å². The molecule has 0 aromatic carbocycles. The Balaban J connectivity index is 2.67. The lowest BCUT2D eigenvalue weighted by Gasteiger charge is -2.25. The van der Waals surface area contributed by atoms with Crippen LogP contribution in [0.5, 0.6) is 0 Å². The molecule has 0 radical (unpaired) electrons. The maximum atomic E-state index is 11.2. The molecule has 0 saturated heterocycles. The summed E-state index contributed by atoms with van der Waals surface area (Å²) in [5.74, 6) is -0.408. The monoisotopic (exact) mass is 226 g/mol. The standard InChI is InChI=1S/C10H14N2O4/c1-7(5-9(13)14)12(10(11)15)6-8-3-2-4-16-8/h2-4,7H,5-6H2,1H3,(H2,11,15)(H,13,14). The van der Waals surface area contributed by atoms with Gasteiger partial charge in [-0.2, -0.15) is 0 Å². The highest BCUT2D eigenvalue weighted by Gasteiger charge is 2.21. The Morgan fingerprint density at radius 1 is 1.62 bits per heavy atom. The van der Waals surface area contributed by atoms with E-state index in [1.807, 2.05) is 0 Å². The van der Waals surface area contributed by atoms with E-state index < -0.39 is 18.0 Å². The largest absolute Gasteiger partial charge is 0.481 e. The SMILES string of the molecule is CC(CC(=O)O)N(Cc1ccco1)C(N)=O. The number of nitrogens with zero attached hydrogens (tertiary/aromatic N) is 1. The van der Waals surface area contributed by atoms with E-state index in [1.165, 1.54) is 11.2 Å². The van der Waals surface area contributed by atoms with Crippen LogP contribution < -0.4 is 5.73 Å². The number of carbonyl (C=O) groups excluding carboxylic acids is 1. The summed E-state index contributed by atoms with van der Waals surface area (Å²) < 4.78 is 5.07. The number of amides is 2. The van der Waals surface area contributed by atoms with Gasteiger partial charge in [0.25, 0.3) is 0 Å². The van der Waals surface area contributed by atoms with E-state index in [-0.39, 0.29) is 13.0 Å². The number of urea groups is 1. The van der Waals surface area contributed by atoms with Crippen molar-refractivity contribution in [2.24, 2.45) is 5.73 Å². The average molecular weight is 226 g/mol. The van der Waals surface area contributed by atoms with Crippen LogP contribution >= 0.6 is 0 Å². The van der Waals surface area contributed by atoms with Crippen molar-refractivity contribution in [3.05, 3.63) is 24.2 Å². The first-order chi connectivity index (χ1) is 7.50. The van der Waals surface area contributed by atoms with E-state index in [1.54, 1.807) is 19.1 Å². The van der Waals surface area contributed by atoms with E-state index in [0.717, 1.165) is 0 Å². The van der Waals surface area contributed by atoms with Gasteiger partial charge in [0.2, 0.25) is 0 Å². The van der Waals surface area contributed by atoms with Crippen LogP contribution in [-0.2, 0) is 11.3 Å². The molecular formula is C10H14N2O4. The van der Waals surface area contributed by atoms with Crippen LogP contribution in [0.25, 0.3) is 0 Å². The summed E-state index contributed by atoms with van der Waals surface area (Å²) in [7, 11) is 0. The molecule has 3 N–H and O–H groups in total. The average Bonchev–Trinajstić information content (AvgIpc) is 2.64. The van der Waals surface area contributed by atoms with Gasteiger partial charge >= 0.3 is 12.0 Å². The zero-order chi connectivity index (χ0) is 12.1. The Kier molecular flexibility index (Phi) is 3.93. The quantitative estimate of drug-likeness (QED) is 0.783. The van der Waals surface area contributed by atoms with Crippen molar-refractivity contribution in [2.45, 2.75) is 25.9 Å². The van der Waals surface area contributed by atoms with Gasteiger partial charge in [-0.15, -0.1) is 0 Å². The molecule has 0 aliphatic rings. The molecule has 1 aromatic rings. The van der Waals surface area contributed by atoms with Crippen LogP contribution in [-0.4, -0.2) is 28.0 Å². The van der Waals surface area contributed by atoms with Crippen LogP contribution in [0.1, 0.15) is 19.1 Å². The Labute approximate surface area is 92.6 Å². The fourth-order valence-electron chi connectivity index (χ4n) is 1.38. The summed E-state index contributed by atoms with van der Waals surface area (Å²) in [6, 6.07) is 2.25. The van der Waals surface area contributed by atoms with Gasteiger partial charge in [0.05, 0.1) is 19.2 Å². The minimum Gasteiger partial charge on any atom is -0.481 e. The van der Waals surface area contributed by atoms with Crippen LogP contribution in [0, 0.1) is 0 Å². The van der Waals surface area contributed by atoms with Crippen molar-refractivity contribution >= 4 is 12.0 Å². The molecule has 6 nitrogen and oxygen atoms in total. The first-order valence-corrected chi connectivity index (χ1v) is 4.81. The summed E-state index contributed by atoms with van der Waals surface area (Å²) in [5.41, 5.74) is 5.18. The Hall–Kier alpha value is -1.98. The van der Waals surface area contributed by atoms with Gasteiger partial charge < -0.3 is 20.2 Å². The molecule has 0 fully saturated rings. The first-order valence-electron chi connectivity index (χ1n) is 4.81. The second-order valence-corrected chi connectivity index (χ2v) is 3.49. The zero-order valence-electron chi connectivity index (χ0n) is 8.92. The lowest BCUT2D eigenvalue weighted by Crippen LogP contribution is -2.42. The van der Waals surface area contributed by atoms with Gasteiger partial charge in [-0.1, -0.05) is 0 Å². The maximum Gasteiger partial charge on any atom is 0.315 e. The van der Waals surface area contributed by atoms with Crippen molar-refractivity contribution in [1.29, 1.82) is 0 Å². The number of carboxylic acid groups (broad SMARTS) is 1. The maximum absolute atomic E-state index is 11.2. The lowest BCUT2D eigenvalue weighted by molar-refractivity contribution is -0.138. The third kappa shape index (κ3) is 3.30. The summed E-state index contributed by atoms with van der Waals surface area (Å²) in [6.07, 6.45) is 1.33. The zero-order valence-corrected chi connectivity index (χ0v) is 8.92. The molecule has 0 saturated carbocycles. The van der Waals surface area contributed by atoms with Crippen molar-refractivity contribution < 1.29 is 19.1 Å². The van der Waals surface area contributed by atoms with Gasteiger partial charge in [0, 0.05) is 6.04 Å². The Morgan fingerprint density at radius 2 is 2.31 bits per heavy atom. The van der Waals surface area contributed by atoms with E-state index in [2.05, 4.69) is 0 Å². The topological polar surface area (TPSA) is 96.8 Å². The number of carbonyl (C=O) groups is 2. The molecule has 1 atom stereocenters. The summed E-state index contributed by atoms with van der Waals surface area (Å²) in [5, 5.41) is 8.64. The highest BCUT2D eigenvalue weighted by molar-refractivity contribution is 5.74. The predicted molar refractivity (Wildman–Crippen MR) is 55.5 cm³/mol. The number of aliphatic carboxylic acids is 1. The molecule has 0 aliphatic carbocycles. The number of hydrogen-bond acceptors (Lipinski definition) is 3. The molecule has 1 aromatic heterocycles. The molecule has 1 unspecified atom stereocenters. The molecule has 0 spiro atoms. The van der Waals surface area contributed by atoms with Gasteiger partial charge in [-0.05, 0) is 19.1 Å². The molecule has 2 amide bonds. The highest BCUT2D eigenvalue weighted by Crippen LogP contribution is 2.10. The molecule has 0 aliphatic heterocycles. The van der Waals surface area contributed by atoms with Crippen LogP contribution in [0.4, 0.5) is 4.79 Å². The minimum atomic E-state index is -0.974. The third-order valence-electron chi connectivity index (χ3n) is 2.19. The second kappa shape index (κ2) is 5.20. The minimum absolute atomic E-state index is 0.149.